The highest BCUT2D eigenvalue weighted by Gasteiger charge is 2.24. The van der Waals surface area contributed by atoms with Crippen molar-refractivity contribution in [3.05, 3.63) is 29.8 Å². The van der Waals surface area contributed by atoms with Crippen LogP contribution in [0, 0.1) is 0 Å². The van der Waals surface area contributed by atoms with Crippen LogP contribution >= 0.6 is 0 Å². The van der Waals surface area contributed by atoms with E-state index in [9.17, 15) is 9.90 Å². The first-order chi connectivity index (χ1) is 11.8. The molecule has 0 aliphatic carbocycles. The van der Waals surface area contributed by atoms with Gasteiger partial charge in [-0.1, -0.05) is 45.9 Å². The highest BCUT2D eigenvalue weighted by Crippen LogP contribution is 2.29. The van der Waals surface area contributed by atoms with Gasteiger partial charge >= 0.3 is 0 Å². The molecule has 1 amide bonds. The Hall–Kier alpha value is -1.43. The Balaban J connectivity index is 1.88. The molecule has 0 spiro atoms. The third-order valence-electron chi connectivity index (χ3n) is 4.98. The second-order valence-corrected chi connectivity index (χ2v) is 7.90. The van der Waals surface area contributed by atoms with Crippen LogP contribution in [0.3, 0.4) is 0 Å². The smallest absolute Gasteiger partial charge is 0.238 e. The number of aliphatic hydroxyl groups excluding tert-OH is 1. The number of carbonyl (C=O) groups is 1. The zero-order chi connectivity index (χ0) is 18.4. The van der Waals surface area contributed by atoms with E-state index >= 15 is 0 Å². The second kappa shape index (κ2) is 8.79. The monoisotopic (exact) mass is 347 g/mol. The Kier molecular flexibility index (Phi) is 6.99. The first kappa shape index (κ1) is 19.9. The minimum atomic E-state index is -0.00500. The number of para-hydroxylation sites is 1. The zero-order valence-corrected chi connectivity index (χ0v) is 16.1. The Bertz CT molecular complexity index is 556. The van der Waals surface area contributed by atoms with Crippen molar-refractivity contribution in [3.63, 3.8) is 0 Å². The largest absolute Gasteiger partial charge is 0.395 e. The predicted octanol–water partition coefficient (Wildman–Crippen LogP) is 2.31. The van der Waals surface area contributed by atoms with Crippen molar-refractivity contribution in [2.45, 2.75) is 45.6 Å². The number of anilines is 1. The number of nitrogens with zero attached hydrogens (tertiary/aromatic N) is 2. The number of benzene rings is 1. The molecule has 1 aromatic rings. The SMILES string of the molecule is CCC(CO)N1CCN(CC(=O)Nc2ccccc2C(C)(C)C)CC1. The van der Waals surface area contributed by atoms with Gasteiger partial charge in [0.15, 0.2) is 0 Å². The number of hydrogen-bond acceptors (Lipinski definition) is 4. The summed E-state index contributed by atoms with van der Waals surface area (Å²) in [5.74, 6) is 0.0411. The molecule has 1 saturated heterocycles. The van der Waals surface area contributed by atoms with Gasteiger partial charge in [-0.15, -0.1) is 0 Å². The lowest BCUT2D eigenvalue weighted by Crippen LogP contribution is -2.52. The molecular weight excluding hydrogens is 314 g/mol. The van der Waals surface area contributed by atoms with Crippen LogP contribution < -0.4 is 5.32 Å². The Morgan fingerprint density at radius 2 is 1.84 bits per heavy atom. The fourth-order valence-corrected chi connectivity index (χ4v) is 3.43. The molecular formula is C20H33N3O2. The lowest BCUT2D eigenvalue weighted by atomic mass is 9.86. The van der Waals surface area contributed by atoms with Gasteiger partial charge in [-0.05, 0) is 23.5 Å². The average Bonchev–Trinajstić information content (AvgIpc) is 2.57. The van der Waals surface area contributed by atoms with Crippen LogP contribution in [0.5, 0.6) is 0 Å². The van der Waals surface area contributed by atoms with E-state index in [2.05, 4.69) is 48.9 Å². The van der Waals surface area contributed by atoms with Gasteiger partial charge < -0.3 is 10.4 Å². The zero-order valence-electron chi connectivity index (χ0n) is 16.1. The van der Waals surface area contributed by atoms with E-state index in [1.807, 2.05) is 18.2 Å². The van der Waals surface area contributed by atoms with Crippen molar-refractivity contribution in [1.29, 1.82) is 0 Å². The van der Waals surface area contributed by atoms with Crippen LogP contribution in [0.4, 0.5) is 5.69 Å². The molecule has 0 saturated carbocycles. The van der Waals surface area contributed by atoms with E-state index in [1.165, 1.54) is 0 Å². The molecule has 0 radical (unpaired) electrons. The van der Waals surface area contributed by atoms with Crippen molar-refractivity contribution in [2.24, 2.45) is 0 Å². The van der Waals surface area contributed by atoms with Gasteiger partial charge in [0.25, 0.3) is 0 Å². The first-order valence-electron chi connectivity index (χ1n) is 9.31. The normalized spacial score (nSPS) is 18.1. The molecule has 140 valence electrons. The van der Waals surface area contributed by atoms with Crippen molar-refractivity contribution in [2.75, 3.05) is 44.6 Å². The number of hydrogen-bond donors (Lipinski definition) is 2. The summed E-state index contributed by atoms with van der Waals surface area (Å²) >= 11 is 0. The van der Waals surface area contributed by atoms with Gasteiger partial charge in [-0.3, -0.25) is 14.6 Å². The number of piperazine rings is 1. The molecule has 1 fully saturated rings. The van der Waals surface area contributed by atoms with Crippen molar-refractivity contribution in [1.82, 2.24) is 9.80 Å². The summed E-state index contributed by atoms with van der Waals surface area (Å²) in [4.78, 5) is 17.0. The van der Waals surface area contributed by atoms with Crippen LogP contribution in [-0.4, -0.2) is 66.2 Å². The summed E-state index contributed by atoms with van der Waals surface area (Å²) in [7, 11) is 0. The maximum Gasteiger partial charge on any atom is 0.238 e. The van der Waals surface area contributed by atoms with E-state index in [4.69, 9.17) is 0 Å². The van der Waals surface area contributed by atoms with Crippen LogP contribution in [0.25, 0.3) is 0 Å². The van der Waals surface area contributed by atoms with Crippen LogP contribution in [0.1, 0.15) is 39.7 Å². The summed E-state index contributed by atoms with van der Waals surface area (Å²) in [5, 5.41) is 12.5. The molecule has 2 N–H and O–H groups in total. The minimum Gasteiger partial charge on any atom is -0.395 e. The van der Waals surface area contributed by atoms with E-state index < -0.39 is 0 Å². The summed E-state index contributed by atoms with van der Waals surface area (Å²) in [6, 6.07) is 8.27. The quantitative estimate of drug-likeness (QED) is 0.829. The Morgan fingerprint density at radius 1 is 1.20 bits per heavy atom. The molecule has 5 nitrogen and oxygen atoms in total. The summed E-state index contributed by atoms with van der Waals surface area (Å²) in [6.45, 7) is 12.7. The average molecular weight is 348 g/mol. The topological polar surface area (TPSA) is 55.8 Å². The number of aliphatic hydroxyl groups is 1. The van der Waals surface area contributed by atoms with Gasteiger partial charge in [-0.2, -0.15) is 0 Å². The van der Waals surface area contributed by atoms with Gasteiger partial charge in [0.1, 0.15) is 0 Å². The first-order valence-corrected chi connectivity index (χ1v) is 9.31. The van der Waals surface area contributed by atoms with E-state index in [-0.39, 0.29) is 24.0 Å². The van der Waals surface area contributed by atoms with E-state index in [0.29, 0.717) is 6.54 Å². The molecule has 5 heteroatoms. The molecule has 0 aromatic heterocycles. The molecule has 2 rings (SSSR count). The molecule has 1 aliphatic heterocycles. The van der Waals surface area contributed by atoms with E-state index in [0.717, 1.165) is 43.9 Å². The van der Waals surface area contributed by atoms with Gasteiger partial charge in [-0.25, -0.2) is 0 Å². The minimum absolute atomic E-state index is 0.00500. The lowest BCUT2D eigenvalue weighted by Gasteiger charge is -2.38. The van der Waals surface area contributed by atoms with Gasteiger partial charge in [0.05, 0.1) is 13.2 Å². The molecule has 25 heavy (non-hydrogen) atoms. The molecule has 1 unspecified atom stereocenters. The predicted molar refractivity (Wildman–Crippen MR) is 103 cm³/mol. The van der Waals surface area contributed by atoms with Crippen molar-refractivity contribution in [3.8, 4) is 0 Å². The van der Waals surface area contributed by atoms with Crippen molar-refractivity contribution >= 4 is 11.6 Å². The molecule has 1 heterocycles. The van der Waals surface area contributed by atoms with Gasteiger partial charge in [0.2, 0.25) is 5.91 Å². The number of amides is 1. The molecule has 1 aliphatic rings. The summed E-state index contributed by atoms with van der Waals surface area (Å²) < 4.78 is 0. The third-order valence-corrected chi connectivity index (χ3v) is 4.98. The molecule has 1 aromatic carbocycles. The Morgan fingerprint density at radius 3 is 2.40 bits per heavy atom. The maximum atomic E-state index is 12.5. The number of carbonyl (C=O) groups excluding carboxylic acids is 1. The highest BCUT2D eigenvalue weighted by molar-refractivity contribution is 5.93. The summed E-state index contributed by atoms with van der Waals surface area (Å²) in [5.41, 5.74) is 2.06. The highest BCUT2D eigenvalue weighted by atomic mass is 16.3. The maximum absolute atomic E-state index is 12.5. The number of nitrogens with one attached hydrogen (secondary N) is 1. The Labute approximate surface area is 152 Å². The molecule has 1 atom stereocenters. The van der Waals surface area contributed by atoms with Crippen LogP contribution in [0.2, 0.25) is 0 Å². The summed E-state index contributed by atoms with van der Waals surface area (Å²) in [6.07, 6.45) is 0.959. The van der Waals surface area contributed by atoms with E-state index in [1.54, 1.807) is 0 Å². The number of rotatable bonds is 6. The van der Waals surface area contributed by atoms with Crippen LogP contribution in [-0.2, 0) is 10.2 Å². The fourth-order valence-electron chi connectivity index (χ4n) is 3.43. The molecule has 0 bridgehead atoms. The third kappa shape index (κ3) is 5.53. The van der Waals surface area contributed by atoms with Gasteiger partial charge in [0, 0.05) is 37.9 Å². The van der Waals surface area contributed by atoms with Crippen LogP contribution in [0.15, 0.2) is 24.3 Å². The standard InChI is InChI=1S/C20H33N3O2/c1-5-16(15-24)23-12-10-22(11-13-23)14-19(25)21-18-9-7-6-8-17(18)20(2,3)4/h6-9,16,24H,5,10-15H2,1-4H3,(H,21,25). The van der Waals surface area contributed by atoms with Crippen molar-refractivity contribution < 1.29 is 9.90 Å². The fraction of sp³-hybridized carbons (Fsp3) is 0.650. The lowest BCUT2D eigenvalue weighted by molar-refractivity contribution is -0.117. The second-order valence-electron chi connectivity index (χ2n) is 7.90.